The molecule has 0 aliphatic rings. The smallest absolute Gasteiger partial charge is 0.377 e. The molecule has 0 heterocycles. The molecule has 0 saturated carbocycles. The second-order valence-corrected chi connectivity index (χ2v) is 5.48. The Morgan fingerprint density at radius 3 is 2.36 bits per heavy atom. The second-order valence-electron chi connectivity index (χ2n) is 4.51. The zero-order valence-corrected chi connectivity index (χ0v) is 14.5. The molecule has 0 radical (unpaired) electrons. The third kappa shape index (κ3) is 4.74. The van der Waals surface area contributed by atoms with Crippen molar-refractivity contribution in [2.45, 2.75) is 20.0 Å². The van der Waals surface area contributed by atoms with Crippen LogP contribution < -0.4 is 0 Å². The van der Waals surface area contributed by atoms with Crippen molar-refractivity contribution in [2.75, 3.05) is 18.4 Å². The molecule has 0 aliphatic carbocycles. The van der Waals surface area contributed by atoms with Crippen molar-refractivity contribution in [2.24, 2.45) is 0 Å². The number of carbonyl (C=O) groups is 1. The first-order valence-corrected chi connectivity index (χ1v) is 8.16. The van der Waals surface area contributed by atoms with Crippen molar-refractivity contribution >= 4 is 38.9 Å². The lowest BCUT2D eigenvalue weighted by Gasteiger charge is -2.18. The van der Waals surface area contributed by atoms with Gasteiger partial charge < -0.3 is 4.90 Å². The summed E-state index contributed by atoms with van der Waals surface area (Å²) in [7, 11) is 0. The Balaban J connectivity index is 3.41. The summed E-state index contributed by atoms with van der Waals surface area (Å²) < 4.78 is 38.9. The monoisotopic (exact) mass is 397 g/mol. The quantitative estimate of drug-likeness (QED) is 0.496. The first kappa shape index (κ1) is 19.0. The van der Waals surface area contributed by atoms with Gasteiger partial charge in [0.25, 0.3) is 0 Å². The lowest BCUT2D eigenvalue weighted by Crippen LogP contribution is -2.18. The summed E-state index contributed by atoms with van der Waals surface area (Å²) in [5, 5.41) is -0.353. The highest BCUT2D eigenvalue weighted by atomic mass is 79.9. The SMILES string of the molecule is CCN(/C=C(\C(=O)CBr)c1ccc(Cl)c(C(F)(F)F)c1)CC. The molecule has 0 N–H and O–H groups in total. The molecule has 0 amide bonds. The van der Waals surface area contributed by atoms with Crippen LogP contribution in [0.5, 0.6) is 0 Å². The Hall–Kier alpha value is -1.01. The minimum atomic E-state index is -4.56. The number of hydrogen-bond acceptors (Lipinski definition) is 2. The molecule has 0 aliphatic heterocycles. The van der Waals surface area contributed by atoms with E-state index in [1.165, 1.54) is 6.07 Å². The highest BCUT2D eigenvalue weighted by Crippen LogP contribution is 2.36. The first-order valence-electron chi connectivity index (χ1n) is 6.66. The molecule has 0 spiro atoms. The van der Waals surface area contributed by atoms with E-state index < -0.39 is 11.7 Å². The second kappa shape index (κ2) is 8.02. The summed E-state index contributed by atoms with van der Waals surface area (Å²) in [5.41, 5.74) is -0.518. The fraction of sp³-hybridized carbons (Fsp3) is 0.400. The number of Topliss-reactive ketones (excluding diaryl/α,β-unsaturated/α-hetero) is 1. The van der Waals surface area contributed by atoms with Gasteiger partial charge in [-0.3, -0.25) is 4.79 Å². The first-order chi connectivity index (χ1) is 10.2. The van der Waals surface area contributed by atoms with Crippen molar-refractivity contribution in [3.63, 3.8) is 0 Å². The Kier molecular flexibility index (Phi) is 6.94. The van der Waals surface area contributed by atoms with Crippen molar-refractivity contribution in [3.8, 4) is 0 Å². The summed E-state index contributed by atoms with van der Waals surface area (Å²) in [4.78, 5) is 13.9. The van der Waals surface area contributed by atoms with Gasteiger partial charge in [0.15, 0.2) is 5.78 Å². The average molecular weight is 399 g/mol. The number of nitrogens with zero attached hydrogens (tertiary/aromatic N) is 1. The Labute approximate surface area is 141 Å². The minimum Gasteiger partial charge on any atom is -0.377 e. The van der Waals surface area contributed by atoms with Gasteiger partial charge in [-0.25, -0.2) is 0 Å². The summed E-state index contributed by atoms with van der Waals surface area (Å²) in [5.74, 6) is -0.289. The fourth-order valence-electron chi connectivity index (χ4n) is 1.88. The molecule has 0 bridgehead atoms. The maximum Gasteiger partial charge on any atom is 0.417 e. The molecule has 0 unspecified atom stereocenters. The lowest BCUT2D eigenvalue weighted by atomic mass is 10.0. The van der Waals surface area contributed by atoms with E-state index >= 15 is 0 Å². The number of halogens is 5. The van der Waals surface area contributed by atoms with Crippen LogP contribution in [0.4, 0.5) is 13.2 Å². The standard InChI is InChI=1S/C15H16BrClF3NO/c1-3-21(4-2)9-11(14(22)8-16)10-5-6-13(17)12(7-10)15(18,19)20/h5-7,9H,3-4,8H2,1-2H3/b11-9-. The van der Waals surface area contributed by atoms with Crippen molar-refractivity contribution in [1.29, 1.82) is 0 Å². The third-order valence-electron chi connectivity index (χ3n) is 3.13. The molecular formula is C15H16BrClF3NO. The van der Waals surface area contributed by atoms with Crippen LogP contribution in [0, 0.1) is 0 Å². The van der Waals surface area contributed by atoms with Gasteiger partial charge in [-0.05, 0) is 31.5 Å². The van der Waals surface area contributed by atoms with Crippen LogP contribution in [0.25, 0.3) is 5.57 Å². The fourth-order valence-corrected chi connectivity index (χ4v) is 2.41. The van der Waals surface area contributed by atoms with Gasteiger partial charge in [-0.1, -0.05) is 33.6 Å². The molecule has 0 aromatic heterocycles. The third-order valence-corrected chi connectivity index (χ3v) is 3.97. The Morgan fingerprint density at radius 1 is 1.32 bits per heavy atom. The van der Waals surface area contributed by atoms with Crippen molar-refractivity contribution in [1.82, 2.24) is 4.90 Å². The molecule has 2 nitrogen and oxygen atoms in total. The summed E-state index contributed by atoms with van der Waals surface area (Å²) in [6, 6.07) is 3.50. The summed E-state index contributed by atoms with van der Waals surface area (Å²) in [6.07, 6.45) is -2.97. The zero-order chi connectivity index (χ0) is 16.9. The topological polar surface area (TPSA) is 20.3 Å². The van der Waals surface area contributed by atoms with E-state index in [4.69, 9.17) is 11.6 Å². The summed E-state index contributed by atoms with van der Waals surface area (Å²) in [6.45, 7) is 5.10. The number of benzene rings is 1. The molecule has 1 aromatic rings. The molecule has 1 rings (SSSR count). The van der Waals surface area contributed by atoms with E-state index in [0.29, 0.717) is 13.1 Å². The number of allylic oxidation sites excluding steroid dienone is 1. The molecular weight excluding hydrogens is 383 g/mol. The van der Waals surface area contributed by atoms with Crippen LogP contribution >= 0.6 is 27.5 Å². The van der Waals surface area contributed by atoms with E-state index in [1.54, 1.807) is 6.20 Å². The van der Waals surface area contributed by atoms with Gasteiger partial charge in [-0.2, -0.15) is 13.2 Å². The van der Waals surface area contributed by atoms with Crippen molar-refractivity contribution in [3.05, 3.63) is 40.5 Å². The molecule has 122 valence electrons. The number of ketones is 1. The predicted molar refractivity (Wildman–Crippen MR) is 86.2 cm³/mol. The van der Waals surface area contributed by atoms with Crippen LogP contribution in [0.3, 0.4) is 0 Å². The highest BCUT2D eigenvalue weighted by Gasteiger charge is 2.33. The zero-order valence-electron chi connectivity index (χ0n) is 12.2. The Bertz CT molecular complexity index is 568. The van der Waals surface area contributed by atoms with E-state index in [0.717, 1.165) is 12.1 Å². The Morgan fingerprint density at radius 2 is 1.91 bits per heavy atom. The summed E-state index contributed by atoms with van der Waals surface area (Å²) >= 11 is 8.68. The van der Waals surface area contributed by atoms with Crippen molar-refractivity contribution < 1.29 is 18.0 Å². The van der Waals surface area contributed by atoms with Crippen LogP contribution in [-0.4, -0.2) is 29.1 Å². The van der Waals surface area contributed by atoms with Crippen LogP contribution in [0.1, 0.15) is 25.0 Å². The van der Waals surface area contributed by atoms with E-state index in [-0.39, 0.29) is 27.3 Å². The molecule has 0 saturated heterocycles. The maximum atomic E-state index is 13.0. The van der Waals surface area contributed by atoms with E-state index in [2.05, 4.69) is 15.9 Å². The van der Waals surface area contributed by atoms with E-state index in [9.17, 15) is 18.0 Å². The highest BCUT2D eigenvalue weighted by molar-refractivity contribution is 9.09. The number of hydrogen-bond donors (Lipinski definition) is 0. The van der Waals surface area contributed by atoms with E-state index in [1.807, 2.05) is 18.7 Å². The maximum absolute atomic E-state index is 13.0. The van der Waals surface area contributed by atoms with Gasteiger partial charge in [0.2, 0.25) is 0 Å². The van der Waals surface area contributed by atoms with Gasteiger partial charge in [0.1, 0.15) is 0 Å². The van der Waals surface area contributed by atoms with Gasteiger partial charge in [0.05, 0.1) is 15.9 Å². The van der Waals surface area contributed by atoms with Crippen LogP contribution in [-0.2, 0) is 11.0 Å². The van der Waals surface area contributed by atoms with Crippen LogP contribution in [0.15, 0.2) is 24.4 Å². The normalized spacial score (nSPS) is 12.4. The largest absolute Gasteiger partial charge is 0.417 e. The predicted octanol–water partition coefficient (Wildman–Crippen LogP) is 5.01. The minimum absolute atomic E-state index is 0.0318. The molecule has 7 heteroatoms. The lowest BCUT2D eigenvalue weighted by molar-refractivity contribution is -0.137. The number of carbonyl (C=O) groups excluding carboxylic acids is 1. The molecule has 22 heavy (non-hydrogen) atoms. The molecule has 0 atom stereocenters. The molecule has 0 fully saturated rings. The van der Waals surface area contributed by atoms with Crippen LogP contribution in [0.2, 0.25) is 5.02 Å². The van der Waals surface area contributed by atoms with Gasteiger partial charge >= 0.3 is 6.18 Å². The van der Waals surface area contributed by atoms with Gasteiger partial charge in [-0.15, -0.1) is 0 Å². The number of rotatable bonds is 6. The number of alkyl halides is 4. The van der Waals surface area contributed by atoms with Gasteiger partial charge in [0, 0.05) is 24.9 Å². The molecule has 1 aromatic carbocycles. The average Bonchev–Trinajstić information content (AvgIpc) is 2.47.